The number of anilines is 1. The second-order valence-corrected chi connectivity index (χ2v) is 5.18. The molecule has 1 aromatic carbocycles. The molecule has 0 bridgehead atoms. The van der Waals surface area contributed by atoms with E-state index >= 15 is 0 Å². The normalized spacial score (nSPS) is 10.1. The maximum atomic E-state index is 11.9. The standard InChI is InChI=1S/C13H16N2O4S/c1-15(12(17)6-7-20-8-11(14)16)10-4-2-9(3-5-10)13(18)19/h2-5H,6-8H2,1H3,(H2,14,16)(H,18,19). The van der Waals surface area contributed by atoms with Crippen LogP contribution >= 0.6 is 11.8 Å². The summed E-state index contributed by atoms with van der Waals surface area (Å²) in [6, 6.07) is 6.06. The van der Waals surface area contributed by atoms with Crippen LogP contribution in [-0.2, 0) is 9.59 Å². The average Bonchev–Trinajstić information content (AvgIpc) is 2.42. The number of hydrogen-bond donors (Lipinski definition) is 2. The monoisotopic (exact) mass is 296 g/mol. The summed E-state index contributed by atoms with van der Waals surface area (Å²) >= 11 is 1.31. The van der Waals surface area contributed by atoms with E-state index in [2.05, 4.69) is 0 Å². The maximum absolute atomic E-state index is 11.9. The van der Waals surface area contributed by atoms with Gasteiger partial charge in [0.2, 0.25) is 11.8 Å². The van der Waals surface area contributed by atoms with Crippen molar-refractivity contribution < 1.29 is 19.5 Å². The summed E-state index contributed by atoms with van der Waals surface area (Å²) in [7, 11) is 1.62. The van der Waals surface area contributed by atoms with Crippen LogP contribution in [0, 0.1) is 0 Å². The third-order valence-corrected chi connectivity index (χ3v) is 3.56. The highest BCUT2D eigenvalue weighted by atomic mass is 32.2. The molecular weight excluding hydrogens is 280 g/mol. The van der Waals surface area contributed by atoms with Gasteiger partial charge in [0.05, 0.1) is 11.3 Å². The predicted octanol–water partition coefficient (Wildman–Crippen LogP) is 0.956. The van der Waals surface area contributed by atoms with Crippen molar-refractivity contribution in [3.8, 4) is 0 Å². The molecule has 0 aliphatic carbocycles. The number of carboxylic acid groups (broad SMARTS) is 1. The minimum absolute atomic E-state index is 0.106. The van der Waals surface area contributed by atoms with Gasteiger partial charge in [-0.25, -0.2) is 4.79 Å². The largest absolute Gasteiger partial charge is 0.478 e. The lowest BCUT2D eigenvalue weighted by atomic mass is 10.2. The van der Waals surface area contributed by atoms with Gasteiger partial charge in [-0.15, -0.1) is 0 Å². The van der Waals surface area contributed by atoms with Crippen molar-refractivity contribution in [1.29, 1.82) is 0 Å². The molecule has 0 saturated heterocycles. The average molecular weight is 296 g/mol. The molecule has 0 aliphatic rings. The van der Waals surface area contributed by atoms with Gasteiger partial charge in [0.1, 0.15) is 0 Å². The topological polar surface area (TPSA) is 101 Å². The summed E-state index contributed by atoms with van der Waals surface area (Å²) < 4.78 is 0. The maximum Gasteiger partial charge on any atom is 0.335 e. The lowest BCUT2D eigenvalue weighted by Crippen LogP contribution is -2.26. The number of nitrogens with two attached hydrogens (primary N) is 1. The Morgan fingerprint density at radius 2 is 1.85 bits per heavy atom. The first-order chi connectivity index (χ1) is 9.41. The molecule has 1 rings (SSSR count). The fraction of sp³-hybridized carbons (Fsp3) is 0.308. The van der Waals surface area contributed by atoms with Crippen molar-refractivity contribution >= 4 is 35.2 Å². The van der Waals surface area contributed by atoms with Gasteiger partial charge in [-0.05, 0) is 24.3 Å². The fourth-order valence-corrected chi connectivity index (χ4v) is 2.14. The van der Waals surface area contributed by atoms with Gasteiger partial charge in [0.15, 0.2) is 0 Å². The lowest BCUT2D eigenvalue weighted by molar-refractivity contribution is -0.118. The molecular formula is C13H16N2O4S. The van der Waals surface area contributed by atoms with E-state index in [1.54, 1.807) is 19.2 Å². The van der Waals surface area contributed by atoms with Crippen LogP contribution in [0.25, 0.3) is 0 Å². The number of rotatable bonds is 7. The molecule has 1 aromatic rings. The second-order valence-electron chi connectivity index (χ2n) is 4.07. The van der Waals surface area contributed by atoms with Gasteiger partial charge in [0.25, 0.3) is 0 Å². The Labute approximate surface area is 120 Å². The number of amides is 2. The smallest absolute Gasteiger partial charge is 0.335 e. The van der Waals surface area contributed by atoms with Crippen molar-refractivity contribution in [2.75, 3.05) is 23.5 Å². The zero-order valence-electron chi connectivity index (χ0n) is 11.0. The highest BCUT2D eigenvalue weighted by Crippen LogP contribution is 2.15. The van der Waals surface area contributed by atoms with Crippen LogP contribution in [0.5, 0.6) is 0 Å². The van der Waals surface area contributed by atoms with E-state index in [0.717, 1.165) is 0 Å². The van der Waals surface area contributed by atoms with E-state index < -0.39 is 11.9 Å². The highest BCUT2D eigenvalue weighted by Gasteiger charge is 2.11. The number of nitrogens with zero attached hydrogens (tertiary/aromatic N) is 1. The predicted molar refractivity (Wildman–Crippen MR) is 77.9 cm³/mol. The minimum Gasteiger partial charge on any atom is -0.478 e. The van der Waals surface area contributed by atoms with Gasteiger partial charge in [-0.1, -0.05) is 0 Å². The molecule has 0 spiro atoms. The van der Waals surface area contributed by atoms with Crippen LogP contribution in [0.3, 0.4) is 0 Å². The van der Waals surface area contributed by atoms with E-state index in [1.807, 2.05) is 0 Å². The molecule has 0 saturated carbocycles. The zero-order valence-corrected chi connectivity index (χ0v) is 11.9. The highest BCUT2D eigenvalue weighted by molar-refractivity contribution is 7.99. The molecule has 20 heavy (non-hydrogen) atoms. The Bertz CT molecular complexity index is 502. The number of thioether (sulfide) groups is 1. The zero-order chi connectivity index (χ0) is 15.1. The lowest BCUT2D eigenvalue weighted by Gasteiger charge is -2.17. The molecule has 0 aliphatic heterocycles. The number of hydrogen-bond acceptors (Lipinski definition) is 4. The molecule has 0 atom stereocenters. The van der Waals surface area contributed by atoms with Crippen LogP contribution in [0.1, 0.15) is 16.8 Å². The molecule has 6 nitrogen and oxygen atoms in total. The minimum atomic E-state index is -1.01. The SMILES string of the molecule is CN(C(=O)CCSCC(N)=O)c1ccc(C(=O)O)cc1. The van der Waals surface area contributed by atoms with Crippen molar-refractivity contribution in [3.05, 3.63) is 29.8 Å². The van der Waals surface area contributed by atoms with Crippen molar-refractivity contribution in [2.45, 2.75) is 6.42 Å². The molecule has 0 aromatic heterocycles. The van der Waals surface area contributed by atoms with Gasteiger partial charge >= 0.3 is 5.97 Å². The van der Waals surface area contributed by atoms with E-state index in [-0.39, 0.29) is 23.6 Å². The first-order valence-corrected chi connectivity index (χ1v) is 7.03. The summed E-state index contributed by atoms with van der Waals surface area (Å²) in [4.78, 5) is 34.6. The van der Waals surface area contributed by atoms with Crippen molar-refractivity contribution in [2.24, 2.45) is 5.73 Å². The Morgan fingerprint density at radius 1 is 1.25 bits per heavy atom. The number of carboxylic acids is 1. The summed E-state index contributed by atoms with van der Waals surface area (Å²) in [6.45, 7) is 0. The first kappa shape index (κ1) is 16.0. The van der Waals surface area contributed by atoms with Gasteiger partial charge in [-0.2, -0.15) is 11.8 Å². The van der Waals surface area contributed by atoms with Crippen LogP contribution in [0.15, 0.2) is 24.3 Å². The fourth-order valence-electron chi connectivity index (χ4n) is 1.47. The Morgan fingerprint density at radius 3 is 2.35 bits per heavy atom. The van der Waals surface area contributed by atoms with E-state index in [0.29, 0.717) is 11.4 Å². The van der Waals surface area contributed by atoms with Crippen LogP contribution in [0.2, 0.25) is 0 Å². The van der Waals surface area contributed by atoms with E-state index in [9.17, 15) is 14.4 Å². The summed E-state index contributed by atoms with van der Waals surface area (Å²) in [5, 5.41) is 8.79. The Kier molecular flexibility index (Phi) is 6.05. The van der Waals surface area contributed by atoms with Crippen molar-refractivity contribution in [3.63, 3.8) is 0 Å². The van der Waals surface area contributed by atoms with Crippen LogP contribution < -0.4 is 10.6 Å². The van der Waals surface area contributed by atoms with E-state index in [1.165, 1.54) is 28.8 Å². The molecule has 7 heteroatoms. The number of carbonyl (C=O) groups excluding carboxylic acids is 2. The molecule has 108 valence electrons. The molecule has 0 fully saturated rings. The quantitative estimate of drug-likeness (QED) is 0.730. The van der Waals surface area contributed by atoms with Gasteiger partial charge < -0.3 is 15.7 Å². The number of benzene rings is 1. The second kappa shape index (κ2) is 7.54. The Hall–Kier alpha value is -2.02. The molecule has 0 unspecified atom stereocenters. The summed E-state index contributed by atoms with van der Waals surface area (Å²) in [5.74, 6) is -0.803. The van der Waals surface area contributed by atoms with E-state index in [4.69, 9.17) is 10.8 Å². The molecule has 0 heterocycles. The summed E-state index contributed by atoms with van der Waals surface area (Å²) in [6.07, 6.45) is 0.287. The Balaban J connectivity index is 2.51. The molecule has 3 N–H and O–H groups in total. The first-order valence-electron chi connectivity index (χ1n) is 5.87. The number of primary amides is 1. The number of carbonyl (C=O) groups is 3. The van der Waals surface area contributed by atoms with Gasteiger partial charge in [0, 0.05) is 24.9 Å². The third kappa shape index (κ3) is 4.93. The third-order valence-electron chi connectivity index (χ3n) is 2.58. The molecule has 0 radical (unpaired) electrons. The van der Waals surface area contributed by atoms with Crippen molar-refractivity contribution in [1.82, 2.24) is 0 Å². The number of aromatic carboxylic acids is 1. The van der Waals surface area contributed by atoms with Crippen LogP contribution in [-0.4, -0.2) is 41.4 Å². The summed E-state index contributed by atoms with van der Waals surface area (Å²) in [5.41, 5.74) is 5.79. The van der Waals surface area contributed by atoms with Gasteiger partial charge in [-0.3, -0.25) is 9.59 Å². The van der Waals surface area contributed by atoms with Crippen LogP contribution in [0.4, 0.5) is 5.69 Å². The molecule has 2 amide bonds.